The molecule has 0 saturated heterocycles. The molecule has 0 radical (unpaired) electrons. The molecule has 9 heavy (non-hydrogen) atoms. The Morgan fingerprint density at radius 1 is 1.56 bits per heavy atom. The highest BCUT2D eigenvalue weighted by atomic mass is 16.5. The summed E-state index contributed by atoms with van der Waals surface area (Å²) in [4.78, 5) is 3.57. The third-order valence-electron chi connectivity index (χ3n) is 0.359. The zero-order valence-corrected chi connectivity index (χ0v) is 6.64. The SMILES string of the molecule is C=C(C)OC=NC.CC. The van der Waals surface area contributed by atoms with E-state index in [-0.39, 0.29) is 0 Å². The summed E-state index contributed by atoms with van der Waals surface area (Å²) in [6, 6.07) is 0. The van der Waals surface area contributed by atoms with Crippen LogP contribution >= 0.6 is 0 Å². The molecule has 0 aliphatic heterocycles. The first-order valence-corrected chi connectivity index (χ1v) is 3.00. The predicted molar refractivity (Wildman–Crippen MR) is 41.7 cm³/mol. The standard InChI is InChI=1S/C5H9NO.C2H6/c1-5(2)7-4-6-3;1-2/h4H,1H2,2-3H3;1-2H3. The van der Waals surface area contributed by atoms with Crippen molar-refractivity contribution in [1.29, 1.82) is 0 Å². The average Bonchev–Trinajstić information content (AvgIpc) is 1.88. The van der Waals surface area contributed by atoms with Crippen LogP contribution in [0.3, 0.4) is 0 Å². The number of nitrogens with zero attached hydrogens (tertiary/aromatic N) is 1. The van der Waals surface area contributed by atoms with E-state index in [4.69, 9.17) is 4.74 Å². The van der Waals surface area contributed by atoms with Crippen LogP contribution < -0.4 is 0 Å². The lowest BCUT2D eigenvalue weighted by Crippen LogP contribution is -1.79. The van der Waals surface area contributed by atoms with Crippen molar-refractivity contribution in [3.63, 3.8) is 0 Å². The van der Waals surface area contributed by atoms with Crippen LogP contribution in [0.25, 0.3) is 0 Å². The van der Waals surface area contributed by atoms with Crippen molar-refractivity contribution in [2.45, 2.75) is 20.8 Å². The average molecular weight is 129 g/mol. The Labute approximate surface area is 57.3 Å². The van der Waals surface area contributed by atoms with Crippen LogP contribution in [0.15, 0.2) is 17.3 Å². The molecular formula is C7H15NO. The van der Waals surface area contributed by atoms with Gasteiger partial charge in [-0.1, -0.05) is 20.4 Å². The normalized spacial score (nSPS) is 8.00. The monoisotopic (exact) mass is 129 g/mol. The van der Waals surface area contributed by atoms with E-state index in [1.807, 2.05) is 13.8 Å². The van der Waals surface area contributed by atoms with Crippen molar-refractivity contribution in [2.75, 3.05) is 7.05 Å². The van der Waals surface area contributed by atoms with E-state index in [1.165, 1.54) is 6.40 Å². The molecule has 0 aliphatic carbocycles. The molecule has 0 aromatic heterocycles. The number of allylic oxidation sites excluding steroid dienone is 1. The van der Waals surface area contributed by atoms with E-state index in [1.54, 1.807) is 14.0 Å². The summed E-state index contributed by atoms with van der Waals surface area (Å²) < 4.78 is 4.70. The largest absolute Gasteiger partial charge is 0.451 e. The molecular weight excluding hydrogens is 114 g/mol. The second kappa shape index (κ2) is 10.2. The van der Waals surface area contributed by atoms with Gasteiger partial charge in [-0.2, -0.15) is 0 Å². The van der Waals surface area contributed by atoms with E-state index < -0.39 is 0 Å². The quantitative estimate of drug-likeness (QED) is 0.318. The Morgan fingerprint density at radius 2 is 2.00 bits per heavy atom. The van der Waals surface area contributed by atoms with Crippen molar-refractivity contribution in [3.8, 4) is 0 Å². The van der Waals surface area contributed by atoms with Gasteiger partial charge in [0.05, 0.1) is 5.76 Å². The highest BCUT2D eigenvalue weighted by Crippen LogP contribution is 1.83. The summed E-state index contributed by atoms with van der Waals surface area (Å²) in [5.41, 5.74) is 0. The molecule has 0 N–H and O–H groups in total. The summed E-state index contributed by atoms with van der Waals surface area (Å²) in [6.45, 7) is 9.24. The minimum atomic E-state index is 0.658. The lowest BCUT2D eigenvalue weighted by Gasteiger charge is -1.90. The molecule has 0 aliphatic rings. The zero-order valence-electron chi connectivity index (χ0n) is 6.64. The third-order valence-corrected chi connectivity index (χ3v) is 0.359. The minimum Gasteiger partial charge on any atom is -0.451 e. The highest BCUT2D eigenvalue weighted by Gasteiger charge is 1.72. The Kier molecular flexibility index (Phi) is 12.6. The number of aliphatic imine (C=N–C) groups is 1. The van der Waals surface area contributed by atoms with Crippen LogP contribution in [0.5, 0.6) is 0 Å². The molecule has 0 rings (SSSR count). The van der Waals surface area contributed by atoms with Gasteiger partial charge >= 0.3 is 0 Å². The number of hydrogen-bond donors (Lipinski definition) is 0. The van der Waals surface area contributed by atoms with Crippen LogP contribution in [-0.4, -0.2) is 13.4 Å². The van der Waals surface area contributed by atoms with Gasteiger partial charge < -0.3 is 4.74 Å². The van der Waals surface area contributed by atoms with E-state index in [9.17, 15) is 0 Å². The smallest absolute Gasteiger partial charge is 0.175 e. The van der Waals surface area contributed by atoms with Gasteiger partial charge in [-0.3, -0.25) is 4.99 Å². The molecule has 54 valence electrons. The Hall–Kier alpha value is -0.790. The van der Waals surface area contributed by atoms with Crippen molar-refractivity contribution in [2.24, 2.45) is 4.99 Å². The van der Waals surface area contributed by atoms with Gasteiger partial charge in [0, 0.05) is 7.05 Å². The fourth-order valence-electron chi connectivity index (χ4n) is 0.143. The van der Waals surface area contributed by atoms with Gasteiger partial charge in [0.15, 0.2) is 6.40 Å². The summed E-state index contributed by atoms with van der Waals surface area (Å²) in [7, 11) is 1.64. The van der Waals surface area contributed by atoms with Crippen LogP contribution in [0.2, 0.25) is 0 Å². The fourth-order valence-corrected chi connectivity index (χ4v) is 0.143. The maximum Gasteiger partial charge on any atom is 0.175 e. The molecule has 2 heteroatoms. The fraction of sp³-hybridized carbons (Fsp3) is 0.571. The summed E-state index contributed by atoms with van der Waals surface area (Å²) in [5.74, 6) is 0.658. The number of ether oxygens (including phenoxy) is 1. The van der Waals surface area contributed by atoms with Gasteiger partial charge in [0.1, 0.15) is 0 Å². The Balaban J connectivity index is 0. The summed E-state index contributed by atoms with van der Waals surface area (Å²) in [6.07, 6.45) is 1.35. The van der Waals surface area contributed by atoms with Gasteiger partial charge in [0.2, 0.25) is 0 Å². The van der Waals surface area contributed by atoms with Crippen LogP contribution in [0, 0.1) is 0 Å². The maximum atomic E-state index is 4.70. The lowest BCUT2D eigenvalue weighted by atomic mass is 10.7. The second-order valence-electron chi connectivity index (χ2n) is 1.18. The number of rotatable bonds is 2. The first-order chi connectivity index (χ1) is 4.27. The lowest BCUT2D eigenvalue weighted by molar-refractivity contribution is 0.438. The van der Waals surface area contributed by atoms with E-state index >= 15 is 0 Å². The maximum absolute atomic E-state index is 4.70. The molecule has 0 bridgehead atoms. The van der Waals surface area contributed by atoms with Crippen LogP contribution in [0.4, 0.5) is 0 Å². The van der Waals surface area contributed by atoms with Gasteiger partial charge in [-0.05, 0) is 6.92 Å². The molecule has 0 spiro atoms. The Bertz CT molecular complexity index is 86.9. The van der Waals surface area contributed by atoms with Crippen LogP contribution in [0.1, 0.15) is 20.8 Å². The number of hydrogen-bond acceptors (Lipinski definition) is 2. The Morgan fingerprint density at radius 3 is 2.11 bits per heavy atom. The molecule has 0 amide bonds. The first kappa shape index (κ1) is 11.1. The topological polar surface area (TPSA) is 21.6 Å². The molecule has 0 aromatic carbocycles. The molecule has 0 aromatic rings. The van der Waals surface area contributed by atoms with E-state index in [2.05, 4.69) is 11.6 Å². The highest BCUT2D eigenvalue weighted by molar-refractivity contribution is 5.47. The van der Waals surface area contributed by atoms with Crippen molar-refractivity contribution < 1.29 is 4.74 Å². The van der Waals surface area contributed by atoms with Crippen molar-refractivity contribution >= 4 is 6.40 Å². The first-order valence-electron chi connectivity index (χ1n) is 3.00. The summed E-state index contributed by atoms with van der Waals surface area (Å²) >= 11 is 0. The van der Waals surface area contributed by atoms with E-state index in [0.29, 0.717) is 5.76 Å². The molecule has 0 unspecified atom stereocenters. The third kappa shape index (κ3) is 19.0. The molecule has 0 heterocycles. The summed E-state index contributed by atoms with van der Waals surface area (Å²) in [5, 5.41) is 0. The van der Waals surface area contributed by atoms with Gasteiger partial charge in [-0.25, -0.2) is 0 Å². The van der Waals surface area contributed by atoms with Gasteiger partial charge in [0.25, 0.3) is 0 Å². The minimum absolute atomic E-state index is 0.658. The van der Waals surface area contributed by atoms with Crippen molar-refractivity contribution in [1.82, 2.24) is 0 Å². The zero-order chi connectivity index (χ0) is 7.70. The molecule has 2 nitrogen and oxygen atoms in total. The second-order valence-corrected chi connectivity index (χ2v) is 1.18. The van der Waals surface area contributed by atoms with Crippen LogP contribution in [-0.2, 0) is 4.74 Å². The van der Waals surface area contributed by atoms with Gasteiger partial charge in [-0.15, -0.1) is 0 Å². The van der Waals surface area contributed by atoms with Crippen molar-refractivity contribution in [3.05, 3.63) is 12.3 Å². The van der Waals surface area contributed by atoms with E-state index in [0.717, 1.165) is 0 Å². The predicted octanol–water partition coefficient (Wildman–Crippen LogP) is 2.22. The molecule has 0 atom stereocenters. The molecule has 0 fully saturated rings. The molecule has 0 saturated carbocycles.